The summed E-state index contributed by atoms with van der Waals surface area (Å²) in [6.45, 7) is 0. The summed E-state index contributed by atoms with van der Waals surface area (Å²) in [6.07, 6.45) is 0. The van der Waals surface area contributed by atoms with Crippen molar-refractivity contribution >= 4 is 23.0 Å². The lowest BCUT2D eigenvalue weighted by molar-refractivity contribution is 0.0696. The first-order valence-corrected chi connectivity index (χ1v) is 6.04. The number of anilines is 3. The molecule has 2 rings (SSSR count). The summed E-state index contributed by atoms with van der Waals surface area (Å²) < 4.78 is 13.4. The van der Waals surface area contributed by atoms with Crippen LogP contribution in [0.1, 0.15) is 10.4 Å². The zero-order valence-corrected chi connectivity index (χ0v) is 11.2. The van der Waals surface area contributed by atoms with Gasteiger partial charge in [-0.2, -0.15) is 0 Å². The highest BCUT2D eigenvalue weighted by atomic mass is 19.1. The van der Waals surface area contributed by atoms with Crippen molar-refractivity contribution in [3.63, 3.8) is 0 Å². The van der Waals surface area contributed by atoms with Crippen molar-refractivity contribution in [3.05, 3.63) is 53.8 Å². The van der Waals surface area contributed by atoms with Gasteiger partial charge in [0.25, 0.3) is 0 Å². The van der Waals surface area contributed by atoms with E-state index >= 15 is 0 Å². The first kappa shape index (κ1) is 13.9. The van der Waals surface area contributed by atoms with Crippen molar-refractivity contribution in [3.8, 4) is 0 Å². The maximum absolute atomic E-state index is 13.4. The van der Waals surface area contributed by atoms with Gasteiger partial charge in [0.2, 0.25) is 0 Å². The number of nitrogens with zero attached hydrogens (tertiary/aromatic N) is 1. The second-order valence-corrected chi connectivity index (χ2v) is 4.60. The number of carboxylic acids is 1. The Balaban J connectivity index is 2.30. The fourth-order valence-electron chi connectivity index (χ4n) is 1.81. The molecule has 0 aliphatic carbocycles. The Kier molecular flexibility index (Phi) is 3.89. The third-order valence-electron chi connectivity index (χ3n) is 2.80. The molecule has 4 nitrogen and oxygen atoms in total. The van der Waals surface area contributed by atoms with Crippen LogP contribution in [-0.2, 0) is 0 Å². The monoisotopic (exact) mass is 274 g/mol. The molecule has 5 heteroatoms. The molecule has 0 heterocycles. The van der Waals surface area contributed by atoms with Gasteiger partial charge in [0.05, 0.1) is 5.56 Å². The maximum atomic E-state index is 13.4. The first-order valence-electron chi connectivity index (χ1n) is 6.04. The minimum atomic E-state index is -1.16. The quantitative estimate of drug-likeness (QED) is 0.898. The first-order chi connectivity index (χ1) is 9.45. The normalized spacial score (nSPS) is 10.2. The molecule has 0 radical (unpaired) electrons. The highest BCUT2D eigenvalue weighted by Gasteiger charge is 2.07. The van der Waals surface area contributed by atoms with E-state index in [-0.39, 0.29) is 5.56 Å². The molecule has 2 N–H and O–H groups in total. The van der Waals surface area contributed by atoms with Gasteiger partial charge in [0, 0.05) is 31.2 Å². The fraction of sp³-hybridized carbons (Fsp3) is 0.133. The third-order valence-corrected chi connectivity index (χ3v) is 2.80. The molecule has 0 aliphatic rings. The van der Waals surface area contributed by atoms with E-state index in [1.54, 1.807) is 0 Å². The molecular formula is C15H15FN2O2. The number of hydrogen-bond acceptors (Lipinski definition) is 3. The van der Waals surface area contributed by atoms with Crippen LogP contribution < -0.4 is 10.2 Å². The Hall–Kier alpha value is -2.56. The number of nitrogens with one attached hydrogen (secondary N) is 1. The Bertz CT molecular complexity index is 642. The average Bonchev–Trinajstić information content (AvgIpc) is 2.38. The van der Waals surface area contributed by atoms with Gasteiger partial charge in [-0.25, -0.2) is 9.18 Å². The zero-order chi connectivity index (χ0) is 14.7. The standard InChI is InChI=1S/C15H15FN2O2/c1-18(2)14-5-3-4-12(9-14)17-13-7-10(15(19)20)6-11(16)8-13/h3-9,17H,1-2H3,(H,19,20). The van der Waals surface area contributed by atoms with Gasteiger partial charge in [-0.3, -0.25) is 0 Å². The molecule has 0 unspecified atom stereocenters. The summed E-state index contributed by atoms with van der Waals surface area (Å²) in [4.78, 5) is 12.8. The summed E-state index contributed by atoms with van der Waals surface area (Å²) in [5.41, 5.74) is 2.07. The van der Waals surface area contributed by atoms with Gasteiger partial charge >= 0.3 is 5.97 Å². The van der Waals surface area contributed by atoms with Crippen molar-refractivity contribution in [1.82, 2.24) is 0 Å². The van der Waals surface area contributed by atoms with Crippen LogP contribution in [0.25, 0.3) is 0 Å². The van der Waals surface area contributed by atoms with Crippen LogP contribution in [0.2, 0.25) is 0 Å². The van der Waals surface area contributed by atoms with E-state index in [2.05, 4.69) is 5.32 Å². The minimum absolute atomic E-state index is 0.0868. The van der Waals surface area contributed by atoms with Crippen LogP contribution in [0.4, 0.5) is 21.5 Å². The maximum Gasteiger partial charge on any atom is 0.335 e. The number of carbonyl (C=O) groups is 1. The van der Waals surface area contributed by atoms with Crippen LogP contribution in [0.5, 0.6) is 0 Å². The second-order valence-electron chi connectivity index (χ2n) is 4.60. The molecule has 0 amide bonds. The van der Waals surface area contributed by atoms with Gasteiger partial charge in [-0.1, -0.05) is 6.07 Å². The van der Waals surface area contributed by atoms with Crippen molar-refractivity contribution in [1.29, 1.82) is 0 Å². The summed E-state index contributed by atoms with van der Waals surface area (Å²) in [5.74, 6) is -1.74. The molecular weight excluding hydrogens is 259 g/mol. The molecule has 20 heavy (non-hydrogen) atoms. The zero-order valence-electron chi connectivity index (χ0n) is 11.2. The summed E-state index contributed by atoms with van der Waals surface area (Å²) in [7, 11) is 3.84. The second kappa shape index (κ2) is 5.61. The Morgan fingerprint density at radius 3 is 2.55 bits per heavy atom. The van der Waals surface area contributed by atoms with Gasteiger partial charge in [-0.15, -0.1) is 0 Å². The number of aromatic carboxylic acids is 1. The molecule has 0 saturated carbocycles. The molecule has 2 aromatic rings. The van der Waals surface area contributed by atoms with Crippen LogP contribution >= 0.6 is 0 Å². The lowest BCUT2D eigenvalue weighted by Crippen LogP contribution is -2.08. The summed E-state index contributed by atoms with van der Waals surface area (Å²) >= 11 is 0. The fourth-order valence-corrected chi connectivity index (χ4v) is 1.81. The molecule has 0 bridgehead atoms. The predicted octanol–water partition coefficient (Wildman–Crippen LogP) is 3.33. The van der Waals surface area contributed by atoms with Gasteiger partial charge in [-0.05, 0) is 36.4 Å². The molecule has 0 aliphatic heterocycles. The molecule has 0 aromatic heterocycles. The molecule has 0 fully saturated rings. The van der Waals surface area contributed by atoms with Crippen molar-refractivity contribution in [2.75, 3.05) is 24.3 Å². The molecule has 0 spiro atoms. The van der Waals surface area contributed by atoms with Crippen LogP contribution in [0, 0.1) is 5.82 Å². The molecule has 0 saturated heterocycles. The van der Waals surface area contributed by atoms with Crippen LogP contribution in [-0.4, -0.2) is 25.2 Å². The summed E-state index contributed by atoms with van der Waals surface area (Å²) in [5, 5.41) is 11.9. The highest BCUT2D eigenvalue weighted by Crippen LogP contribution is 2.23. The summed E-state index contributed by atoms with van der Waals surface area (Å²) in [6, 6.07) is 11.2. The lowest BCUT2D eigenvalue weighted by atomic mass is 10.2. The topological polar surface area (TPSA) is 52.6 Å². The Morgan fingerprint density at radius 1 is 1.15 bits per heavy atom. The van der Waals surface area contributed by atoms with E-state index in [1.165, 1.54) is 12.1 Å². The smallest absolute Gasteiger partial charge is 0.335 e. The van der Waals surface area contributed by atoms with E-state index in [1.807, 2.05) is 43.3 Å². The average molecular weight is 274 g/mol. The SMILES string of the molecule is CN(C)c1cccc(Nc2cc(F)cc(C(=O)O)c2)c1. The number of rotatable bonds is 4. The van der Waals surface area contributed by atoms with Gasteiger partial charge in [0.15, 0.2) is 0 Å². The van der Waals surface area contributed by atoms with Crippen LogP contribution in [0.3, 0.4) is 0 Å². The van der Waals surface area contributed by atoms with E-state index < -0.39 is 11.8 Å². The predicted molar refractivity (Wildman–Crippen MR) is 77.4 cm³/mol. The van der Waals surface area contributed by atoms with Gasteiger partial charge in [0.1, 0.15) is 5.82 Å². The van der Waals surface area contributed by atoms with E-state index in [0.29, 0.717) is 5.69 Å². The lowest BCUT2D eigenvalue weighted by Gasteiger charge is -2.14. The molecule has 104 valence electrons. The molecule has 0 atom stereocenters. The van der Waals surface area contributed by atoms with Crippen molar-refractivity contribution in [2.24, 2.45) is 0 Å². The number of hydrogen-bond donors (Lipinski definition) is 2. The Labute approximate surface area is 116 Å². The highest BCUT2D eigenvalue weighted by molar-refractivity contribution is 5.89. The van der Waals surface area contributed by atoms with E-state index in [0.717, 1.165) is 17.4 Å². The number of benzene rings is 2. The van der Waals surface area contributed by atoms with Gasteiger partial charge < -0.3 is 15.3 Å². The van der Waals surface area contributed by atoms with E-state index in [9.17, 15) is 9.18 Å². The third kappa shape index (κ3) is 3.26. The minimum Gasteiger partial charge on any atom is -0.478 e. The number of carboxylic acid groups (broad SMARTS) is 1. The molecule has 2 aromatic carbocycles. The van der Waals surface area contributed by atoms with Crippen molar-refractivity contribution < 1.29 is 14.3 Å². The van der Waals surface area contributed by atoms with Crippen LogP contribution in [0.15, 0.2) is 42.5 Å². The largest absolute Gasteiger partial charge is 0.478 e. The Morgan fingerprint density at radius 2 is 1.90 bits per heavy atom. The number of halogens is 1. The van der Waals surface area contributed by atoms with E-state index in [4.69, 9.17) is 5.11 Å². The van der Waals surface area contributed by atoms with Crippen molar-refractivity contribution in [2.45, 2.75) is 0 Å².